The molecule has 2 N–H and O–H groups in total. The van der Waals surface area contributed by atoms with Crippen molar-refractivity contribution in [1.29, 1.82) is 0 Å². The number of nitrogens with zero attached hydrogens (tertiary/aromatic N) is 2. The van der Waals surface area contributed by atoms with Crippen LogP contribution in [-0.2, 0) is 0 Å². The fourth-order valence-electron chi connectivity index (χ4n) is 1.61. The Morgan fingerprint density at radius 1 is 1.47 bits per heavy atom. The summed E-state index contributed by atoms with van der Waals surface area (Å²) in [5.41, 5.74) is 0.278. The van der Waals surface area contributed by atoms with Gasteiger partial charge in [-0.05, 0) is 12.5 Å². The largest absolute Gasteiger partial charge is 0.395 e. The molecule has 0 unspecified atom stereocenters. The van der Waals surface area contributed by atoms with Gasteiger partial charge in [-0.1, -0.05) is 13.0 Å². The monoisotopic (exact) mass is 267 g/mol. The van der Waals surface area contributed by atoms with Gasteiger partial charge in [0.2, 0.25) is 0 Å². The van der Waals surface area contributed by atoms with E-state index in [9.17, 15) is 14.9 Å². The van der Waals surface area contributed by atoms with Crippen molar-refractivity contribution in [3.63, 3.8) is 0 Å². The number of benzene rings is 1. The zero-order valence-corrected chi connectivity index (χ0v) is 10.7. The van der Waals surface area contributed by atoms with E-state index in [2.05, 4.69) is 5.32 Å². The summed E-state index contributed by atoms with van der Waals surface area (Å²) < 4.78 is 0. The van der Waals surface area contributed by atoms with E-state index in [0.717, 1.165) is 6.42 Å². The van der Waals surface area contributed by atoms with Gasteiger partial charge in [-0.15, -0.1) is 0 Å². The third-order valence-corrected chi connectivity index (χ3v) is 2.46. The predicted octanol–water partition coefficient (Wildman–Crippen LogP) is 1.83. The summed E-state index contributed by atoms with van der Waals surface area (Å²) in [6, 6.07) is 5.35. The highest BCUT2D eigenvalue weighted by Crippen LogP contribution is 2.17. The van der Waals surface area contributed by atoms with E-state index in [0.29, 0.717) is 12.2 Å². The highest BCUT2D eigenvalue weighted by Gasteiger charge is 2.13. The fraction of sp³-hybridized carbons (Fsp3) is 0.417. The van der Waals surface area contributed by atoms with Crippen molar-refractivity contribution in [2.75, 3.05) is 25.0 Å². The zero-order chi connectivity index (χ0) is 14.3. The molecule has 19 heavy (non-hydrogen) atoms. The van der Waals surface area contributed by atoms with Gasteiger partial charge in [0.1, 0.15) is 0 Å². The SMILES string of the molecule is CCCN(CCO)C(=O)Nc1cccc([N+](=O)[O-])c1. The first-order valence-electron chi connectivity index (χ1n) is 5.99. The molecule has 0 atom stereocenters. The molecule has 7 nitrogen and oxygen atoms in total. The number of nitro benzene ring substituents is 1. The first-order chi connectivity index (χ1) is 9.08. The molecule has 0 spiro atoms. The van der Waals surface area contributed by atoms with Crippen LogP contribution in [0.3, 0.4) is 0 Å². The maximum Gasteiger partial charge on any atom is 0.321 e. The Hall–Kier alpha value is -2.15. The average molecular weight is 267 g/mol. The zero-order valence-electron chi connectivity index (χ0n) is 10.7. The Kier molecular flexibility index (Phi) is 5.74. The van der Waals surface area contributed by atoms with E-state index in [1.807, 2.05) is 6.92 Å². The number of rotatable bonds is 6. The van der Waals surface area contributed by atoms with Crippen molar-refractivity contribution in [2.24, 2.45) is 0 Å². The van der Waals surface area contributed by atoms with Crippen LogP contribution in [0.1, 0.15) is 13.3 Å². The highest BCUT2D eigenvalue weighted by molar-refractivity contribution is 5.89. The molecule has 0 bridgehead atoms. The lowest BCUT2D eigenvalue weighted by Crippen LogP contribution is -2.37. The quantitative estimate of drug-likeness (QED) is 0.607. The number of non-ortho nitro benzene ring substituents is 1. The first kappa shape index (κ1) is 14.9. The molecule has 0 aliphatic rings. The van der Waals surface area contributed by atoms with Crippen molar-refractivity contribution in [2.45, 2.75) is 13.3 Å². The lowest BCUT2D eigenvalue weighted by atomic mass is 10.3. The van der Waals surface area contributed by atoms with Crippen LogP contribution < -0.4 is 5.32 Å². The normalized spacial score (nSPS) is 10.0. The van der Waals surface area contributed by atoms with Crippen LogP contribution >= 0.6 is 0 Å². The lowest BCUT2D eigenvalue weighted by molar-refractivity contribution is -0.384. The second-order valence-electron chi connectivity index (χ2n) is 3.95. The van der Waals surface area contributed by atoms with E-state index < -0.39 is 4.92 Å². The summed E-state index contributed by atoms with van der Waals surface area (Å²) in [6.45, 7) is 2.54. The highest BCUT2D eigenvalue weighted by atomic mass is 16.6. The third-order valence-electron chi connectivity index (χ3n) is 2.46. The van der Waals surface area contributed by atoms with Gasteiger partial charge in [-0.3, -0.25) is 10.1 Å². The number of hydrogen-bond acceptors (Lipinski definition) is 4. The van der Waals surface area contributed by atoms with Crippen LogP contribution in [0, 0.1) is 10.1 Å². The average Bonchev–Trinajstić information content (AvgIpc) is 2.38. The van der Waals surface area contributed by atoms with Crippen LogP contribution in [-0.4, -0.2) is 40.7 Å². The molecule has 0 radical (unpaired) electrons. The molecular formula is C12H17N3O4. The Balaban J connectivity index is 2.74. The number of carbonyl (C=O) groups excluding carboxylic acids is 1. The molecule has 0 aliphatic heterocycles. The van der Waals surface area contributed by atoms with Crippen molar-refractivity contribution in [1.82, 2.24) is 4.90 Å². The minimum Gasteiger partial charge on any atom is -0.395 e. The van der Waals surface area contributed by atoms with Gasteiger partial charge in [-0.2, -0.15) is 0 Å². The number of carbonyl (C=O) groups is 1. The van der Waals surface area contributed by atoms with Crippen LogP contribution in [0.15, 0.2) is 24.3 Å². The Morgan fingerprint density at radius 2 is 2.21 bits per heavy atom. The molecule has 0 saturated heterocycles. The smallest absolute Gasteiger partial charge is 0.321 e. The maximum absolute atomic E-state index is 11.9. The number of aliphatic hydroxyl groups excluding tert-OH is 1. The van der Waals surface area contributed by atoms with E-state index >= 15 is 0 Å². The second-order valence-corrected chi connectivity index (χ2v) is 3.95. The minimum atomic E-state index is -0.521. The minimum absolute atomic E-state index is 0.0815. The number of aliphatic hydroxyl groups is 1. The molecule has 0 heterocycles. The Morgan fingerprint density at radius 3 is 2.79 bits per heavy atom. The van der Waals surface area contributed by atoms with Gasteiger partial charge in [0.05, 0.1) is 11.5 Å². The number of amides is 2. The number of hydrogen-bond donors (Lipinski definition) is 2. The van der Waals surface area contributed by atoms with E-state index in [1.165, 1.54) is 23.1 Å². The molecule has 0 aliphatic carbocycles. The summed E-state index contributed by atoms with van der Waals surface area (Å²) >= 11 is 0. The topological polar surface area (TPSA) is 95.7 Å². The molecule has 1 rings (SSSR count). The van der Waals surface area contributed by atoms with Gasteiger partial charge in [0, 0.05) is 30.9 Å². The molecule has 104 valence electrons. The van der Waals surface area contributed by atoms with Crippen molar-refractivity contribution >= 4 is 17.4 Å². The second kappa shape index (κ2) is 7.32. The molecule has 0 aromatic heterocycles. The van der Waals surface area contributed by atoms with Crippen LogP contribution in [0.4, 0.5) is 16.2 Å². The summed E-state index contributed by atoms with van der Waals surface area (Å²) in [7, 11) is 0. The van der Waals surface area contributed by atoms with Crippen molar-refractivity contribution in [3.05, 3.63) is 34.4 Å². The van der Waals surface area contributed by atoms with Crippen LogP contribution in [0.2, 0.25) is 0 Å². The van der Waals surface area contributed by atoms with Gasteiger partial charge < -0.3 is 15.3 Å². The molecule has 2 amide bonds. The molecule has 7 heteroatoms. The van der Waals surface area contributed by atoms with Crippen LogP contribution in [0.5, 0.6) is 0 Å². The number of nitrogens with one attached hydrogen (secondary N) is 1. The molecule has 1 aromatic carbocycles. The molecule has 0 saturated carbocycles. The number of nitro groups is 1. The fourth-order valence-corrected chi connectivity index (χ4v) is 1.61. The summed E-state index contributed by atoms with van der Waals surface area (Å²) in [6.07, 6.45) is 0.766. The Labute approximate surface area is 111 Å². The van der Waals surface area contributed by atoms with Crippen molar-refractivity contribution in [3.8, 4) is 0 Å². The van der Waals surface area contributed by atoms with Gasteiger partial charge in [0.25, 0.3) is 5.69 Å². The maximum atomic E-state index is 11.9. The molecular weight excluding hydrogens is 250 g/mol. The lowest BCUT2D eigenvalue weighted by Gasteiger charge is -2.21. The van der Waals surface area contributed by atoms with Crippen LogP contribution in [0.25, 0.3) is 0 Å². The number of anilines is 1. The molecule has 1 aromatic rings. The van der Waals surface area contributed by atoms with Crippen molar-refractivity contribution < 1.29 is 14.8 Å². The number of urea groups is 1. The van der Waals surface area contributed by atoms with E-state index in [1.54, 1.807) is 6.07 Å². The third kappa shape index (κ3) is 4.55. The summed E-state index contributed by atoms with van der Waals surface area (Å²) in [4.78, 5) is 23.5. The predicted molar refractivity (Wildman–Crippen MR) is 71.1 cm³/mol. The van der Waals surface area contributed by atoms with E-state index in [-0.39, 0.29) is 24.9 Å². The molecule has 0 fully saturated rings. The van der Waals surface area contributed by atoms with Gasteiger partial charge in [0.15, 0.2) is 0 Å². The summed E-state index contributed by atoms with van der Waals surface area (Å²) in [5, 5.41) is 22.1. The summed E-state index contributed by atoms with van der Waals surface area (Å²) in [5.74, 6) is 0. The van der Waals surface area contributed by atoms with Gasteiger partial charge >= 0.3 is 6.03 Å². The standard InChI is InChI=1S/C12H17N3O4/c1-2-6-14(7-8-16)12(17)13-10-4-3-5-11(9-10)15(18)19/h3-5,9,16H,2,6-8H2,1H3,(H,13,17). The Bertz CT molecular complexity index is 444. The first-order valence-corrected chi connectivity index (χ1v) is 5.99. The van der Waals surface area contributed by atoms with E-state index in [4.69, 9.17) is 5.11 Å². The van der Waals surface area contributed by atoms with Gasteiger partial charge in [-0.25, -0.2) is 4.79 Å².